The lowest BCUT2D eigenvalue weighted by Crippen LogP contribution is -2.52. The largest absolute Gasteiger partial charge is 0.361 e. The number of aromatic amines is 1. The minimum absolute atomic E-state index is 0.00877. The molecule has 2 aromatic rings. The number of aromatic nitrogens is 1. The topological polar surface area (TPSA) is 62.1 Å². The normalized spacial score (nSPS) is 30.2. The maximum Gasteiger partial charge on any atom is 0.155 e. The van der Waals surface area contributed by atoms with Gasteiger partial charge in [0.15, 0.2) is 5.78 Å². The Labute approximate surface area is 154 Å². The van der Waals surface area contributed by atoms with Crippen LogP contribution in [0.2, 0.25) is 0 Å². The molecule has 4 atom stereocenters. The summed E-state index contributed by atoms with van der Waals surface area (Å²) in [7, 11) is 2.24. The molecule has 1 fully saturated rings. The third-order valence-electron chi connectivity index (χ3n) is 6.93. The minimum atomic E-state index is 0.00877. The lowest BCUT2D eigenvalue weighted by molar-refractivity contribution is -0.115. The molecule has 5 rings (SSSR count). The maximum absolute atomic E-state index is 11.8. The number of nitrogens with zero attached hydrogens (tertiary/aromatic N) is 1. The molecule has 1 aromatic heterocycles. The molecule has 0 spiro atoms. The van der Waals surface area contributed by atoms with E-state index >= 15 is 0 Å². The second-order valence-corrected chi connectivity index (χ2v) is 8.46. The molecule has 0 radical (unpaired) electrons. The SMILES string of the molecule is CN1CC(C(N)C2=CC(=O)CCC2)C[C@@H]2c3cccc4[nH]cc(c34)C[C@H]21. The molecule has 0 bridgehead atoms. The van der Waals surface area contributed by atoms with E-state index < -0.39 is 0 Å². The predicted octanol–water partition coefficient (Wildman–Crippen LogP) is 3.13. The Morgan fingerprint density at radius 2 is 2.19 bits per heavy atom. The first-order valence-corrected chi connectivity index (χ1v) is 9.90. The van der Waals surface area contributed by atoms with Crippen molar-refractivity contribution in [2.45, 2.75) is 50.1 Å². The van der Waals surface area contributed by atoms with Crippen LogP contribution < -0.4 is 5.73 Å². The fraction of sp³-hybridized carbons (Fsp3) is 0.500. The van der Waals surface area contributed by atoms with Crippen molar-refractivity contribution in [1.82, 2.24) is 9.88 Å². The van der Waals surface area contributed by atoms with Crippen LogP contribution in [0, 0.1) is 5.92 Å². The van der Waals surface area contributed by atoms with Crippen LogP contribution in [0.25, 0.3) is 10.9 Å². The van der Waals surface area contributed by atoms with Crippen molar-refractivity contribution < 1.29 is 4.79 Å². The second-order valence-electron chi connectivity index (χ2n) is 8.46. The second kappa shape index (κ2) is 6.07. The van der Waals surface area contributed by atoms with Crippen LogP contribution in [-0.4, -0.2) is 41.3 Å². The van der Waals surface area contributed by atoms with Crippen LogP contribution in [0.1, 0.15) is 42.7 Å². The summed E-state index contributed by atoms with van der Waals surface area (Å²) >= 11 is 0. The van der Waals surface area contributed by atoms with E-state index in [0.29, 0.717) is 24.3 Å². The minimum Gasteiger partial charge on any atom is -0.361 e. The lowest BCUT2D eigenvalue weighted by atomic mass is 9.70. The van der Waals surface area contributed by atoms with Crippen LogP contribution >= 0.6 is 0 Å². The fourth-order valence-electron chi connectivity index (χ4n) is 5.63. The highest BCUT2D eigenvalue weighted by molar-refractivity contribution is 5.91. The third kappa shape index (κ3) is 2.47. The Morgan fingerprint density at radius 1 is 1.31 bits per heavy atom. The van der Waals surface area contributed by atoms with Gasteiger partial charge in [-0.05, 0) is 67.5 Å². The van der Waals surface area contributed by atoms with Gasteiger partial charge < -0.3 is 15.6 Å². The molecule has 0 amide bonds. The summed E-state index contributed by atoms with van der Waals surface area (Å²) in [6.07, 6.45) is 8.88. The highest BCUT2D eigenvalue weighted by Gasteiger charge is 2.41. The summed E-state index contributed by atoms with van der Waals surface area (Å²) in [5, 5.41) is 1.43. The Bertz CT molecular complexity index is 896. The van der Waals surface area contributed by atoms with E-state index in [0.717, 1.165) is 32.2 Å². The third-order valence-corrected chi connectivity index (χ3v) is 6.93. The number of H-pyrrole nitrogens is 1. The molecular formula is C22H27N3O. The van der Waals surface area contributed by atoms with Gasteiger partial charge in [-0.3, -0.25) is 4.79 Å². The monoisotopic (exact) mass is 349 g/mol. The number of hydrogen-bond acceptors (Lipinski definition) is 3. The average molecular weight is 349 g/mol. The molecule has 2 aliphatic carbocycles. The zero-order valence-corrected chi connectivity index (χ0v) is 15.4. The van der Waals surface area contributed by atoms with Crippen LogP contribution in [0.15, 0.2) is 36.0 Å². The van der Waals surface area contributed by atoms with Crippen molar-refractivity contribution in [3.63, 3.8) is 0 Å². The standard InChI is InChI=1S/C22H27N3O/c1-25-12-15(22(23)13-4-2-5-16(26)8-13)9-18-17-6-3-7-19-21(17)14(11-24-19)10-20(18)25/h3,6-8,11,15,18,20,22,24H,2,4-5,9-10,12,23H2,1H3/t15?,18-,20-,22?/m1/s1. The Morgan fingerprint density at radius 3 is 3.04 bits per heavy atom. The molecule has 26 heavy (non-hydrogen) atoms. The summed E-state index contributed by atoms with van der Waals surface area (Å²) in [5.41, 5.74) is 12.0. The van der Waals surface area contributed by atoms with Gasteiger partial charge in [0, 0.05) is 48.1 Å². The summed E-state index contributed by atoms with van der Waals surface area (Å²) in [6.45, 7) is 1.02. The lowest BCUT2D eigenvalue weighted by Gasteiger charge is -2.47. The highest BCUT2D eigenvalue weighted by Crippen LogP contribution is 2.45. The van der Waals surface area contributed by atoms with Gasteiger partial charge in [-0.2, -0.15) is 0 Å². The first kappa shape index (κ1) is 16.3. The quantitative estimate of drug-likeness (QED) is 0.875. The first-order valence-electron chi connectivity index (χ1n) is 9.90. The van der Waals surface area contributed by atoms with Crippen molar-refractivity contribution in [2.24, 2.45) is 11.7 Å². The van der Waals surface area contributed by atoms with Gasteiger partial charge in [-0.15, -0.1) is 0 Å². The van der Waals surface area contributed by atoms with E-state index in [1.165, 1.54) is 27.6 Å². The number of rotatable bonds is 2. The van der Waals surface area contributed by atoms with Gasteiger partial charge in [0.2, 0.25) is 0 Å². The highest BCUT2D eigenvalue weighted by atomic mass is 16.1. The van der Waals surface area contributed by atoms with Gasteiger partial charge in [-0.25, -0.2) is 0 Å². The van der Waals surface area contributed by atoms with Crippen LogP contribution in [-0.2, 0) is 11.2 Å². The molecule has 2 unspecified atom stereocenters. The molecular weight excluding hydrogens is 322 g/mol. The molecule has 3 N–H and O–H groups in total. The fourth-order valence-corrected chi connectivity index (χ4v) is 5.63. The van der Waals surface area contributed by atoms with E-state index in [1.807, 2.05) is 6.08 Å². The number of allylic oxidation sites excluding steroid dienone is 1. The van der Waals surface area contributed by atoms with E-state index in [9.17, 15) is 4.79 Å². The number of ketones is 1. The van der Waals surface area contributed by atoms with Crippen molar-refractivity contribution >= 4 is 16.7 Å². The number of likely N-dealkylation sites (N-methyl/N-ethyl adjacent to an activating group) is 1. The number of nitrogens with two attached hydrogens (primary N) is 1. The molecule has 1 saturated heterocycles. The molecule has 4 nitrogen and oxygen atoms in total. The number of benzene rings is 1. The van der Waals surface area contributed by atoms with Crippen molar-refractivity contribution in [3.8, 4) is 0 Å². The van der Waals surface area contributed by atoms with E-state index in [2.05, 4.69) is 41.3 Å². The van der Waals surface area contributed by atoms with E-state index in [4.69, 9.17) is 5.73 Å². The van der Waals surface area contributed by atoms with Crippen LogP contribution in [0.5, 0.6) is 0 Å². The van der Waals surface area contributed by atoms with Gasteiger partial charge in [-0.1, -0.05) is 12.1 Å². The summed E-state index contributed by atoms with van der Waals surface area (Å²) in [6, 6.07) is 7.22. The van der Waals surface area contributed by atoms with Crippen molar-refractivity contribution in [1.29, 1.82) is 0 Å². The number of carbonyl (C=O) groups excluding carboxylic acids is 1. The maximum atomic E-state index is 11.8. The van der Waals surface area contributed by atoms with Crippen LogP contribution in [0.3, 0.4) is 0 Å². The van der Waals surface area contributed by atoms with E-state index in [-0.39, 0.29) is 11.8 Å². The Balaban J connectivity index is 1.48. The number of fused-ring (bicyclic) bond motifs is 2. The number of nitrogens with one attached hydrogen (secondary N) is 1. The summed E-state index contributed by atoms with van der Waals surface area (Å²) in [4.78, 5) is 17.8. The molecule has 1 aromatic carbocycles. The number of hydrogen-bond donors (Lipinski definition) is 2. The number of carbonyl (C=O) groups is 1. The van der Waals surface area contributed by atoms with Crippen LogP contribution in [0.4, 0.5) is 0 Å². The van der Waals surface area contributed by atoms with Gasteiger partial charge in [0.25, 0.3) is 0 Å². The summed E-state index contributed by atoms with van der Waals surface area (Å²) < 4.78 is 0. The zero-order chi connectivity index (χ0) is 17.8. The van der Waals surface area contributed by atoms with Crippen molar-refractivity contribution in [3.05, 3.63) is 47.2 Å². The smallest absolute Gasteiger partial charge is 0.155 e. The Hall–Kier alpha value is -1.91. The van der Waals surface area contributed by atoms with Gasteiger partial charge in [0.1, 0.15) is 0 Å². The van der Waals surface area contributed by atoms with Gasteiger partial charge in [0.05, 0.1) is 0 Å². The molecule has 0 saturated carbocycles. The predicted molar refractivity (Wildman–Crippen MR) is 104 cm³/mol. The molecule has 136 valence electrons. The van der Waals surface area contributed by atoms with Crippen molar-refractivity contribution in [2.75, 3.05) is 13.6 Å². The molecule has 4 heteroatoms. The first-order chi connectivity index (χ1) is 12.6. The zero-order valence-electron chi connectivity index (χ0n) is 15.4. The Kier molecular flexibility index (Phi) is 3.80. The average Bonchev–Trinajstić information content (AvgIpc) is 3.06. The van der Waals surface area contributed by atoms with E-state index in [1.54, 1.807) is 0 Å². The number of piperidine rings is 1. The number of likely N-dealkylation sites (tertiary alicyclic amines) is 1. The molecule has 1 aliphatic heterocycles. The summed E-state index contributed by atoms with van der Waals surface area (Å²) in [5.74, 6) is 1.19. The van der Waals surface area contributed by atoms with Gasteiger partial charge >= 0.3 is 0 Å². The molecule has 3 aliphatic rings. The molecule has 2 heterocycles.